The first-order valence-corrected chi connectivity index (χ1v) is 5.49. The fourth-order valence-electron chi connectivity index (χ4n) is 1.95. The molecule has 3 heteroatoms. The van der Waals surface area contributed by atoms with Gasteiger partial charge in [0.25, 0.3) is 0 Å². The van der Waals surface area contributed by atoms with Crippen molar-refractivity contribution in [1.29, 1.82) is 0 Å². The third kappa shape index (κ3) is 1.92. The van der Waals surface area contributed by atoms with E-state index in [1.54, 1.807) is 0 Å². The number of nitrogens with one attached hydrogen (secondary N) is 1. The minimum atomic E-state index is -0.238. The van der Waals surface area contributed by atoms with E-state index >= 15 is 0 Å². The van der Waals surface area contributed by atoms with Crippen LogP contribution in [0.2, 0.25) is 0 Å². The average Bonchev–Trinajstić information content (AvgIpc) is 2.63. The van der Waals surface area contributed by atoms with E-state index < -0.39 is 0 Å². The van der Waals surface area contributed by atoms with Gasteiger partial charge in [0.15, 0.2) is 0 Å². The van der Waals surface area contributed by atoms with Crippen molar-refractivity contribution in [2.24, 2.45) is 0 Å². The molecular weight excluding hydrogens is 188 g/mol. The summed E-state index contributed by atoms with van der Waals surface area (Å²) in [5, 5.41) is 13.0. The minimum absolute atomic E-state index is 0.238. The van der Waals surface area contributed by atoms with Gasteiger partial charge in [-0.15, -0.1) is 0 Å². The summed E-state index contributed by atoms with van der Waals surface area (Å²) < 4.78 is 0. The number of hydrogen-bond donors (Lipinski definition) is 2. The lowest BCUT2D eigenvalue weighted by Gasteiger charge is -2.20. The molecule has 0 spiro atoms. The Bertz CT molecular complexity index is 351. The maximum atomic E-state index is 9.64. The van der Waals surface area contributed by atoms with Crippen molar-refractivity contribution in [3.05, 3.63) is 23.8 Å². The molecule has 1 unspecified atom stereocenters. The highest BCUT2D eigenvalue weighted by molar-refractivity contribution is 5.77. The topological polar surface area (TPSA) is 35.5 Å². The van der Waals surface area contributed by atoms with Crippen molar-refractivity contribution >= 4 is 11.4 Å². The van der Waals surface area contributed by atoms with Gasteiger partial charge < -0.3 is 15.3 Å². The van der Waals surface area contributed by atoms with Crippen LogP contribution >= 0.6 is 0 Å². The van der Waals surface area contributed by atoms with Crippen LogP contribution in [0.3, 0.4) is 0 Å². The molecule has 0 bridgehead atoms. The fourth-order valence-corrected chi connectivity index (χ4v) is 1.95. The maximum absolute atomic E-state index is 9.64. The summed E-state index contributed by atoms with van der Waals surface area (Å²) in [6.07, 6.45) is 0.566. The second-order valence-corrected chi connectivity index (χ2v) is 4.09. The van der Waals surface area contributed by atoms with E-state index in [1.165, 1.54) is 16.9 Å². The van der Waals surface area contributed by atoms with Gasteiger partial charge in [-0.2, -0.15) is 0 Å². The number of β-amino-alcohol motifs (C(OH)–C–C–N with tert-alkyl or cyclic N) is 1. The molecule has 1 atom stereocenters. The number of aliphatic hydroxyl groups excluding tert-OH is 1. The first-order valence-electron chi connectivity index (χ1n) is 5.49. The van der Waals surface area contributed by atoms with Gasteiger partial charge in [0, 0.05) is 6.54 Å². The Labute approximate surface area is 90.7 Å². The van der Waals surface area contributed by atoms with Gasteiger partial charge in [0.1, 0.15) is 0 Å². The first-order chi connectivity index (χ1) is 7.22. The normalized spacial score (nSPS) is 16.1. The van der Waals surface area contributed by atoms with E-state index in [9.17, 15) is 5.11 Å². The van der Waals surface area contributed by atoms with Gasteiger partial charge >= 0.3 is 0 Å². The van der Waals surface area contributed by atoms with E-state index in [0.717, 1.165) is 13.1 Å². The molecule has 1 aliphatic heterocycles. The van der Waals surface area contributed by atoms with Crippen LogP contribution in [-0.4, -0.2) is 24.4 Å². The fraction of sp³-hybridized carbons (Fsp3) is 0.500. The van der Waals surface area contributed by atoms with E-state index in [2.05, 4.69) is 35.3 Å². The number of nitrogens with zero attached hydrogens (tertiary/aromatic N) is 1. The maximum Gasteiger partial charge on any atom is 0.0878 e. The van der Waals surface area contributed by atoms with Gasteiger partial charge in [-0.1, -0.05) is 19.1 Å². The van der Waals surface area contributed by atoms with Crippen molar-refractivity contribution in [3.63, 3.8) is 0 Å². The van der Waals surface area contributed by atoms with Gasteiger partial charge in [-0.3, -0.25) is 0 Å². The zero-order valence-corrected chi connectivity index (χ0v) is 9.33. The molecule has 1 aromatic rings. The number of para-hydroxylation sites is 1. The molecule has 2 rings (SSSR count). The summed E-state index contributed by atoms with van der Waals surface area (Å²) in [4.78, 5) is 2.19. The zero-order chi connectivity index (χ0) is 10.8. The molecule has 3 nitrogen and oxygen atoms in total. The van der Waals surface area contributed by atoms with Crippen LogP contribution in [0.4, 0.5) is 11.4 Å². The predicted molar refractivity (Wildman–Crippen MR) is 63.3 cm³/mol. The Balaban J connectivity index is 2.18. The number of rotatable bonds is 3. The highest BCUT2D eigenvalue weighted by Crippen LogP contribution is 2.33. The molecule has 0 amide bonds. The van der Waals surface area contributed by atoms with E-state index in [4.69, 9.17) is 0 Å². The third-order valence-electron chi connectivity index (χ3n) is 2.94. The predicted octanol–water partition coefficient (Wildman–Crippen LogP) is 1.96. The lowest BCUT2D eigenvalue weighted by molar-refractivity contribution is 0.176. The number of aliphatic hydroxyl groups is 1. The molecule has 1 aromatic carbocycles. The van der Waals surface area contributed by atoms with Crippen LogP contribution in [-0.2, 0) is 0 Å². The molecule has 1 heterocycles. The van der Waals surface area contributed by atoms with Gasteiger partial charge in [-0.05, 0) is 25.0 Å². The third-order valence-corrected chi connectivity index (χ3v) is 2.94. The lowest BCUT2D eigenvalue weighted by Crippen LogP contribution is -2.31. The van der Waals surface area contributed by atoms with Crippen LogP contribution in [0, 0.1) is 6.92 Å². The van der Waals surface area contributed by atoms with Gasteiger partial charge in [0.05, 0.1) is 24.1 Å². The molecule has 0 saturated heterocycles. The number of hydrogen-bond acceptors (Lipinski definition) is 3. The van der Waals surface area contributed by atoms with Crippen LogP contribution in [0.15, 0.2) is 18.2 Å². The molecule has 0 aliphatic carbocycles. The van der Waals surface area contributed by atoms with Crippen molar-refractivity contribution in [1.82, 2.24) is 0 Å². The second kappa shape index (κ2) is 4.11. The highest BCUT2D eigenvalue weighted by Gasteiger charge is 2.20. The Kier molecular flexibility index (Phi) is 2.82. The van der Waals surface area contributed by atoms with Crippen molar-refractivity contribution in [2.75, 3.05) is 23.4 Å². The van der Waals surface area contributed by atoms with Crippen molar-refractivity contribution in [3.8, 4) is 0 Å². The van der Waals surface area contributed by atoms with Crippen LogP contribution < -0.4 is 10.2 Å². The van der Waals surface area contributed by atoms with Gasteiger partial charge in [0.2, 0.25) is 0 Å². The Hall–Kier alpha value is -1.22. The molecule has 2 N–H and O–H groups in total. The van der Waals surface area contributed by atoms with Crippen LogP contribution in [0.1, 0.15) is 18.9 Å². The number of fused-ring (bicyclic) bond motifs is 1. The summed E-state index contributed by atoms with van der Waals surface area (Å²) in [6.45, 7) is 5.62. The summed E-state index contributed by atoms with van der Waals surface area (Å²) in [7, 11) is 0. The smallest absolute Gasteiger partial charge is 0.0878 e. The quantitative estimate of drug-likeness (QED) is 0.793. The van der Waals surface area contributed by atoms with Crippen LogP contribution in [0.25, 0.3) is 0 Å². The van der Waals surface area contributed by atoms with Gasteiger partial charge in [-0.25, -0.2) is 0 Å². The summed E-state index contributed by atoms with van der Waals surface area (Å²) in [5.41, 5.74) is 3.68. The molecule has 0 radical (unpaired) electrons. The molecule has 15 heavy (non-hydrogen) atoms. The Morgan fingerprint density at radius 1 is 1.53 bits per heavy atom. The first kappa shape index (κ1) is 10.3. The summed E-state index contributed by atoms with van der Waals surface area (Å²) >= 11 is 0. The monoisotopic (exact) mass is 206 g/mol. The number of aryl methyl sites for hydroxylation is 1. The Morgan fingerprint density at radius 2 is 2.33 bits per heavy atom. The lowest BCUT2D eigenvalue weighted by atomic mass is 10.1. The highest BCUT2D eigenvalue weighted by atomic mass is 16.3. The molecule has 1 aliphatic rings. The SMILES string of the molecule is CCC(O)CN1CNc2c(C)cccc21. The molecule has 0 aromatic heterocycles. The second-order valence-electron chi connectivity index (χ2n) is 4.09. The van der Waals surface area contributed by atoms with Crippen molar-refractivity contribution in [2.45, 2.75) is 26.4 Å². The largest absolute Gasteiger partial charge is 0.391 e. The number of benzene rings is 1. The summed E-state index contributed by atoms with van der Waals surface area (Å²) in [5.74, 6) is 0. The van der Waals surface area contributed by atoms with Crippen LogP contribution in [0.5, 0.6) is 0 Å². The molecular formula is C12H18N2O. The van der Waals surface area contributed by atoms with E-state index in [-0.39, 0.29) is 6.10 Å². The van der Waals surface area contributed by atoms with E-state index in [0.29, 0.717) is 6.54 Å². The van der Waals surface area contributed by atoms with E-state index in [1.807, 2.05) is 6.92 Å². The number of anilines is 2. The summed E-state index contributed by atoms with van der Waals surface area (Å²) in [6, 6.07) is 6.27. The zero-order valence-electron chi connectivity index (χ0n) is 9.33. The molecule has 0 fully saturated rings. The molecule has 82 valence electrons. The average molecular weight is 206 g/mol. The Morgan fingerprint density at radius 3 is 3.07 bits per heavy atom. The molecule has 0 saturated carbocycles. The minimum Gasteiger partial charge on any atom is -0.391 e. The standard InChI is InChI=1S/C12H18N2O/c1-3-10(15)7-14-8-13-12-9(2)5-4-6-11(12)14/h4-6,10,13,15H,3,7-8H2,1-2H3. The van der Waals surface area contributed by atoms with Crippen molar-refractivity contribution < 1.29 is 5.11 Å².